The summed E-state index contributed by atoms with van der Waals surface area (Å²) >= 11 is 1.22. The second kappa shape index (κ2) is 4.89. The first-order valence-electron chi connectivity index (χ1n) is 5.48. The van der Waals surface area contributed by atoms with E-state index in [0.717, 1.165) is 4.90 Å². The van der Waals surface area contributed by atoms with Crippen LogP contribution in [0.25, 0.3) is 0 Å². The molecule has 0 aliphatic carbocycles. The first-order chi connectivity index (χ1) is 8.47. The maximum absolute atomic E-state index is 11.5. The molecule has 2 unspecified atom stereocenters. The SMILES string of the molecule is CC1Oc2ccc(SC(C)C(=O)O)cc2NC1=O. The largest absolute Gasteiger partial charge is 0.480 e. The van der Waals surface area contributed by atoms with Crippen LogP contribution in [-0.2, 0) is 9.59 Å². The first-order valence-corrected chi connectivity index (χ1v) is 6.36. The number of hydrogen-bond acceptors (Lipinski definition) is 4. The fraction of sp³-hybridized carbons (Fsp3) is 0.333. The summed E-state index contributed by atoms with van der Waals surface area (Å²) in [6.45, 7) is 3.29. The Labute approximate surface area is 109 Å². The van der Waals surface area contributed by atoms with Crippen LogP contribution in [0.3, 0.4) is 0 Å². The van der Waals surface area contributed by atoms with Gasteiger partial charge in [-0.25, -0.2) is 0 Å². The van der Waals surface area contributed by atoms with E-state index in [1.165, 1.54) is 11.8 Å². The van der Waals surface area contributed by atoms with E-state index >= 15 is 0 Å². The van der Waals surface area contributed by atoms with E-state index in [0.29, 0.717) is 11.4 Å². The van der Waals surface area contributed by atoms with Gasteiger partial charge in [0.15, 0.2) is 6.10 Å². The number of nitrogens with one attached hydrogen (secondary N) is 1. The summed E-state index contributed by atoms with van der Waals surface area (Å²) in [6, 6.07) is 5.25. The lowest BCUT2D eigenvalue weighted by molar-refractivity contribution is -0.136. The number of benzene rings is 1. The van der Waals surface area contributed by atoms with Crippen LogP contribution in [0.5, 0.6) is 5.75 Å². The molecule has 0 saturated carbocycles. The summed E-state index contributed by atoms with van der Waals surface area (Å²) in [4.78, 5) is 23.0. The zero-order valence-electron chi connectivity index (χ0n) is 9.97. The van der Waals surface area contributed by atoms with Gasteiger partial charge in [-0.2, -0.15) is 0 Å². The molecule has 1 amide bonds. The number of anilines is 1. The van der Waals surface area contributed by atoms with Crippen molar-refractivity contribution in [3.05, 3.63) is 18.2 Å². The Kier molecular flexibility index (Phi) is 3.47. The molecule has 1 aliphatic heterocycles. The van der Waals surface area contributed by atoms with Crippen LogP contribution < -0.4 is 10.1 Å². The number of fused-ring (bicyclic) bond motifs is 1. The van der Waals surface area contributed by atoms with Gasteiger partial charge in [-0.15, -0.1) is 11.8 Å². The summed E-state index contributed by atoms with van der Waals surface area (Å²) in [5.41, 5.74) is 0.584. The number of hydrogen-bond donors (Lipinski definition) is 2. The molecule has 0 fully saturated rings. The van der Waals surface area contributed by atoms with Gasteiger partial charge >= 0.3 is 5.97 Å². The van der Waals surface area contributed by atoms with E-state index in [2.05, 4.69) is 5.32 Å². The van der Waals surface area contributed by atoms with E-state index in [-0.39, 0.29) is 5.91 Å². The monoisotopic (exact) mass is 267 g/mol. The van der Waals surface area contributed by atoms with E-state index in [9.17, 15) is 9.59 Å². The van der Waals surface area contributed by atoms with Crippen molar-refractivity contribution >= 4 is 29.3 Å². The lowest BCUT2D eigenvalue weighted by Gasteiger charge is -2.23. The molecule has 1 aromatic carbocycles. The van der Waals surface area contributed by atoms with Gasteiger partial charge in [-0.3, -0.25) is 9.59 Å². The third kappa shape index (κ3) is 2.59. The van der Waals surface area contributed by atoms with Crippen molar-refractivity contribution < 1.29 is 19.4 Å². The topological polar surface area (TPSA) is 75.6 Å². The number of carbonyl (C=O) groups excluding carboxylic acids is 1. The normalized spacial score (nSPS) is 19.4. The molecule has 1 heterocycles. The number of rotatable bonds is 3. The third-order valence-corrected chi connectivity index (χ3v) is 3.62. The van der Waals surface area contributed by atoms with Crippen molar-refractivity contribution in [2.24, 2.45) is 0 Å². The second-order valence-corrected chi connectivity index (χ2v) is 5.42. The van der Waals surface area contributed by atoms with Crippen molar-refractivity contribution in [2.75, 3.05) is 5.32 Å². The molecule has 2 N–H and O–H groups in total. The van der Waals surface area contributed by atoms with Crippen LogP contribution in [0, 0.1) is 0 Å². The molecule has 2 atom stereocenters. The lowest BCUT2D eigenvalue weighted by Crippen LogP contribution is -2.34. The summed E-state index contributed by atoms with van der Waals surface area (Å²) < 4.78 is 5.41. The van der Waals surface area contributed by atoms with Crippen LogP contribution in [0.15, 0.2) is 23.1 Å². The number of aliphatic carboxylic acids is 1. The Morgan fingerprint density at radius 1 is 1.56 bits per heavy atom. The Balaban J connectivity index is 2.20. The molecule has 6 heteroatoms. The lowest BCUT2D eigenvalue weighted by atomic mass is 10.2. The van der Waals surface area contributed by atoms with E-state index in [1.807, 2.05) is 0 Å². The van der Waals surface area contributed by atoms with Crippen molar-refractivity contribution in [2.45, 2.75) is 30.1 Å². The van der Waals surface area contributed by atoms with E-state index in [1.54, 1.807) is 32.0 Å². The second-order valence-electron chi connectivity index (χ2n) is 4.01. The highest BCUT2D eigenvalue weighted by Crippen LogP contribution is 2.34. The predicted molar refractivity (Wildman–Crippen MR) is 68.1 cm³/mol. The molecule has 0 radical (unpaired) electrons. The molecule has 0 spiro atoms. The minimum atomic E-state index is -0.869. The van der Waals surface area contributed by atoms with E-state index < -0.39 is 17.3 Å². The van der Waals surface area contributed by atoms with Gasteiger partial charge in [0.25, 0.3) is 5.91 Å². The highest BCUT2D eigenvalue weighted by molar-refractivity contribution is 8.00. The molecule has 18 heavy (non-hydrogen) atoms. The third-order valence-electron chi connectivity index (χ3n) is 2.54. The standard InChI is InChI=1S/C12H13NO4S/c1-6-11(14)13-9-5-8(3-4-10(9)17-6)18-7(2)12(15)16/h3-7H,1-2H3,(H,13,14)(H,15,16). The van der Waals surface area contributed by atoms with Crippen LogP contribution in [0.2, 0.25) is 0 Å². The molecule has 0 aromatic heterocycles. The fourth-order valence-electron chi connectivity index (χ4n) is 1.52. The quantitative estimate of drug-likeness (QED) is 0.819. The van der Waals surface area contributed by atoms with Gasteiger partial charge in [0.2, 0.25) is 0 Å². The van der Waals surface area contributed by atoms with Crippen molar-refractivity contribution in [3.8, 4) is 5.75 Å². The molecule has 2 rings (SSSR count). The summed E-state index contributed by atoms with van der Waals surface area (Å²) in [5, 5.41) is 11.0. The summed E-state index contributed by atoms with van der Waals surface area (Å²) in [6.07, 6.45) is -0.506. The predicted octanol–water partition coefficient (Wildman–Crippen LogP) is 1.97. The Morgan fingerprint density at radius 2 is 2.28 bits per heavy atom. The molecule has 96 valence electrons. The summed E-state index contributed by atoms with van der Waals surface area (Å²) in [5.74, 6) is -0.461. The molecule has 1 aliphatic rings. The maximum atomic E-state index is 11.5. The van der Waals surface area contributed by atoms with Gasteiger partial charge in [0, 0.05) is 4.90 Å². The summed E-state index contributed by atoms with van der Waals surface area (Å²) in [7, 11) is 0. The van der Waals surface area contributed by atoms with Gasteiger partial charge in [-0.05, 0) is 32.0 Å². The number of ether oxygens (including phenoxy) is 1. The molecular weight excluding hydrogens is 254 g/mol. The molecule has 1 aromatic rings. The minimum absolute atomic E-state index is 0.198. The number of amides is 1. The zero-order valence-corrected chi connectivity index (χ0v) is 10.8. The highest BCUT2D eigenvalue weighted by Gasteiger charge is 2.24. The van der Waals surface area contributed by atoms with Gasteiger partial charge in [0.05, 0.1) is 5.69 Å². The number of carboxylic acid groups (broad SMARTS) is 1. The van der Waals surface area contributed by atoms with Gasteiger partial charge in [0.1, 0.15) is 11.0 Å². The number of carbonyl (C=O) groups is 2. The fourth-order valence-corrected chi connectivity index (χ4v) is 2.36. The van der Waals surface area contributed by atoms with Gasteiger partial charge < -0.3 is 15.2 Å². The van der Waals surface area contributed by atoms with Crippen molar-refractivity contribution in [3.63, 3.8) is 0 Å². The van der Waals surface area contributed by atoms with Gasteiger partial charge in [-0.1, -0.05) is 0 Å². The number of thioether (sulfide) groups is 1. The average Bonchev–Trinajstić information content (AvgIpc) is 2.31. The van der Waals surface area contributed by atoms with Crippen LogP contribution in [0.4, 0.5) is 5.69 Å². The number of carboxylic acids is 1. The zero-order chi connectivity index (χ0) is 13.3. The average molecular weight is 267 g/mol. The van der Waals surface area contributed by atoms with Crippen LogP contribution in [-0.4, -0.2) is 28.3 Å². The van der Waals surface area contributed by atoms with E-state index in [4.69, 9.17) is 9.84 Å². The molecule has 5 nitrogen and oxygen atoms in total. The molecule has 0 bridgehead atoms. The van der Waals surface area contributed by atoms with Crippen LogP contribution >= 0.6 is 11.8 Å². The smallest absolute Gasteiger partial charge is 0.316 e. The molecule has 0 saturated heterocycles. The maximum Gasteiger partial charge on any atom is 0.316 e. The molecular formula is C12H13NO4S. The Hall–Kier alpha value is -1.69. The van der Waals surface area contributed by atoms with Crippen molar-refractivity contribution in [1.29, 1.82) is 0 Å². The van der Waals surface area contributed by atoms with Crippen molar-refractivity contribution in [1.82, 2.24) is 0 Å². The Morgan fingerprint density at radius 3 is 2.94 bits per heavy atom. The minimum Gasteiger partial charge on any atom is -0.480 e. The van der Waals surface area contributed by atoms with Crippen LogP contribution in [0.1, 0.15) is 13.8 Å². The highest BCUT2D eigenvalue weighted by atomic mass is 32.2. The Bertz CT molecular complexity index is 503. The first kappa shape index (κ1) is 12.8.